The first-order valence-corrected chi connectivity index (χ1v) is 11.3. The van der Waals surface area contributed by atoms with E-state index in [0.717, 1.165) is 23.9 Å². The van der Waals surface area contributed by atoms with Gasteiger partial charge in [-0.15, -0.1) is 0 Å². The molecule has 2 aromatic heterocycles. The number of sulfone groups is 1. The Labute approximate surface area is 181 Å². The summed E-state index contributed by atoms with van der Waals surface area (Å²) in [4.78, 5) is 3.77. The molecule has 1 N–H and O–H groups in total. The molecule has 4 rings (SSSR count). The minimum absolute atomic E-state index is 0.0000685. The van der Waals surface area contributed by atoms with Crippen molar-refractivity contribution in [1.29, 1.82) is 5.26 Å². The first kappa shape index (κ1) is 21.6. The van der Waals surface area contributed by atoms with Crippen LogP contribution in [0.15, 0.2) is 53.4 Å². The van der Waals surface area contributed by atoms with Crippen molar-refractivity contribution in [2.45, 2.75) is 24.5 Å². The van der Waals surface area contributed by atoms with Gasteiger partial charge in [0.25, 0.3) is 0 Å². The van der Waals surface area contributed by atoms with Crippen LogP contribution in [0.5, 0.6) is 0 Å². The third-order valence-corrected chi connectivity index (χ3v) is 6.26. The third-order valence-electron chi connectivity index (χ3n) is 5.11. The number of rotatable bonds is 4. The number of hydrogen-bond acceptors (Lipinski definition) is 5. The van der Waals surface area contributed by atoms with Crippen LogP contribution in [-0.4, -0.2) is 24.1 Å². The number of pyridine rings is 1. The first-order valence-electron chi connectivity index (χ1n) is 9.45. The maximum absolute atomic E-state index is 13.5. The van der Waals surface area contributed by atoms with Crippen LogP contribution in [0, 0.1) is 18.3 Å². The van der Waals surface area contributed by atoms with E-state index in [1.165, 1.54) is 6.07 Å². The van der Waals surface area contributed by atoms with E-state index < -0.39 is 26.5 Å². The van der Waals surface area contributed by atoms with Gasteiger partial charge in [-0.05, 0) is 48.4 Å². The summed E-state index contributed by atoms with van der Waals surface area (Å²) < 4.78 is 65.7. The fraction of sp³-hybridized carbons (Fsp3) is 0.182. The fourth-order valence-corrected chi connectivity index (χ4v) is 4.54. The zero-order valence-corrected chi connectivity index (χ0v) is 17.8. The molecule has 0 amide bonds. The topological polar surface area (TPSA) is 87.3 Å². The smallest absolute Gasteiger partial charge is 0.367 e. The number of hydrogen-bond donors (Lipinski definition) is 1. The summed E-state index contributed by atoms with van der Waals surface area (Å²) in [6, 6.07) is 14.3. The van der Waals surface area contributed by atoms with Crippen molar-refractivity contribution in [3.8, 4) is 6.07 Å². The van der Waals surface area contributed by atoms with Crippen LogP contribution in [0.3, 0.4) is 0 Å². The van der Waals surface area contributed by atoms with Gasteiger partial charge in [-0.25, -0.2) is 13.4 Å². The average Bonchev–Trinajstić information content (AvgIpc) is 3.10. The van der Waals surface area contributed by atoms with Gasteiger partial charge in [0, 0.05) is 12.8 Å². The SMILES string of the molecule is Cc1cc(NCc2ccc(S(C)(=O)=O)c(C(F)(F)F)c2)n2c(nc3ccccc32)c1C#N. The van der Waals surface area contributed by atoms with Crippen molar-refractivity contribution in [1.82, 2.24) is 9.38 Å². The number of nitrogens with zero attached hydrogens (tertiary/aromatic N) is 3. The zero-order valence-electron chi connectivity index (χ0n) is 17.0. The molecule has 0 aliphatic heterocycles. The van der Waals surface area contributed by atoms with Crippen molar-refractivity contribution in [2.75, 3.05) is 11.6 Å². The molecule has 6 nitrogen and oxygen atoms in total. The number of imidazole rings is 1. The molecule has 0 unspecified atom stereocenters. The highest BCUT2D eigenvalue weighted by molar-refractivity contribution is 7.90. The van der Waals surface area contributed by atoms with E-state index in [2.05, 4.69) is 16.4 Å². The molecule has 10 heteroatoms. The van der Waals surface area contributed by atoms with E-state index >= 15 is 0 Å². The molecular weight excluding hydrogens is 441 g/mol. The Hall–Kier alpha value is -3.58. The van der Waals surface area contributed by atoms with Gasteiger partial charge in [-0.2, -0.15) is 18.4 Å². The van der Waals surface area contributed by atoms with Crippen LogP contribution >= 0.6 is 0 Å². The molecular formula is C22H17F3N4O2S. The van der Waals surface area contributed by atoms with Gasteiger partial charge in [0.15, 0.2) is 15.5 Å². The Morgan fingerprint density at radius 3 is 2.53 bits per heavy atom. The van der Waals surface area contributed by atoms with Crippen LogP contribution in [0.25, 0.3) is 16.7 Å². The van der Waals surface area contributed by atoms with Gasteiger partial charge in [0.1, 0.15) is 11.9 Å². The van der Waals surface area contributed by atoms with Crippen molar-refractivity contribution in [3.05, 3.63) is 70.8 Å². The summed E-state index contributed by atoms with van der Waals surface area (Å²) in [5.74, 6) is 0.547. The summed E-state index contributed by atoms with van der Waals surface area (Å²) >= 11 is 0. The van der Waals surface area contributed by atoms with Crippen molar-refractivity contribution >= 4 is 32.3 Å². The molecule has 0 spiro atoms. The van der Waals surface area contributed by atoms with Gasteiger partial charge in [0.05, 0.1) is 27.1 Å². The van der Waals surface area contributed by atoms with E-state index in [4.69, 9.17) is 0 Å². The van der Waals surface area contributed by atoms with E-state index in [1.807, 2.05) is 24.3 Å². The Kier molecular flexibility index (Phi) is 5.09. The van der Waals surface area contributed by atoms with E-state index in [-0.39, 0.29) is 12.1 Å². The normalized spacial score (nSPS) is 12.2. The largest absolute Gasteiger partial charge is 0.417 e. The quantitative estimate of drug-likeness (QED) is 0.479. The molecule has 164 valence electrons. The van der Waals surface area contributed by atoms with Crippen LogP contribution < -0.4 is 5.32 Å². The van der Waals surface area contributed by atoms with Crippen LogP contribution in [-0.2, 0) is 22.6 Å². The molecule has 0 atom stereocenters. The Balaban J connectivity index is 1.80. The minimum Gasteiger partial charge on any atom is -0.367 e. The number of nitriles is 1. The van der Waals surface area contributed by atoms with E-state index in [9.17, 15) is 26.9 Å². The third kappa shape index (κ3) is 3.76. The summed E-state index contributed by atoms with van der Waals surface area (Å²) in [5, 5.41) is 12.7. The molecule has 0 radical (unpaired) electrons. The molecule has 4 aromatic rings. The van der Waals surface area contributed by atoms with Gasteiger partial charge < -0.3 is 5.32 Å². The Morgan fingerprint density at radius 2 is 1.88 bits per heavy atom. The van der Waals surface area contributed by atoms with Gasteiger partial charge >= 0.3 is 6.18 Å². The molecule has 0 saturated heterocycles. The molecule has 32 heavy (non-hydrogen) atoms. The summed E-state index contributed by atoms with van der Waals surface area (Å²) in [5.41, 5.74) is 1.99. The van der Waals surface area contributed by atoms with Crippen molar-refractivity contribution < 1.29 is 21.6 Å². The fourth-order valence-electron chi connectivity index (χ4n) is 3.65. The number of anilines is 1. The lowest BCUT2D eigenvalue weighted by Crippen LogP contribution is -2.14. The summed E-state index contributed by atoms with van der Waals surface area (Å²) in [7, 11) is -4.04. The van der Waals surface area contributed by atoms with Gasteiger partial charge in [0.2, 0.25) is 0 Å². The maximum atomic E-state index is 13.5. The minimum atomic E-state index is -4.81. The standard InChI is InChI=1S/C22H17F3N4O2S/c1-13-9-20(29-18-6-4-3-5-17(18)28-21(29)15(13)11-26)27-12-14-7-8-19(32(2,30)31)16(10-14)22(23,24)25/h3-10,27H,12H2,1-2H3. The van der Waals surface area contributed by atoms with Crippen molar-refractivity contribution in [3.63, 3.8) is 0 Å². The predicted molar refractivity (Wildman–Crippen MR) is 114 cm³/mol. The second-order valence-electron chi connectivity index (χ2n) is 7.41. The van der Waals surface area contributed by atoms with Crippen LogP contribution in [0.2, 0.25) is 0 Å². The number of benzene rings is 2. The lowest BCUT2D eigenvalue weighted by Gasteiger charge is -2.15. The second kappa shape index (κ2) is 7.53. The number of aryl methyl sites for hydroxylation is 1. The molecule has 2 heterocycles. The predicted octanol–water partition coefficient (Wildman–Crippen LogP) is 4.70. The number of halogens is 3. The average molecular weight is 458 g/mol. The van der Waals surface area contributed by atoms with E-state index in [1.54, 1.807) is 17.4 Å². The molecule has 0 saturated carbocycles. The highest BCUT2D eigenvalue weighted by Crippen LogP contribution is 2.35. The van der Waals surface area contributed by atoms with E-state index in [0.29, 0.717) is 28.1 Å². The second-order valence-corrected chi connectivity index (χ2v) is 9.40. The van der Waals surface area contributed by atoms with Crippen LogP contribution in [0.4, 0.5) is 19.0 Å². The van der Waals surface area contributed by atoms with Crippen LogP contribution in [0.1, 0.15) is 22.3 Å². The Morgan fingerprint density at radius 1 is 1.16 bits per heavy atom. The monoisotopic (exact) mass is 458 g/mol. The number of fused-ring (bicyclic) bond motifs is 3. The zero-order chi connectivity index (χ0) is 23.3. The first-order chi connectivity index (χ1) is 15.0. The van der Waals surface area contributed by atoms with Gasteiger partial charge in [-0.1, -0.05) is 18.2 Å². The lowest BCUT2D eigenvalue weighted by atomic mass is 10.1. The highest BCUT2D eigenvalue weighted by Gasteiger charge is 2.36. The molecule has 0 aliphatic rings. The van der Waals surface area contributed by atoms with Gasteiger partial charge in [-0.3, -0.25) is 4.40 Å². The number of para-hydroxylation sites is 2. The highest BCUT2D eigenvalue weighted by atomic mass is 32.2. The maximum Gasteiger partial charge on any atom is 0.417 e. The number of nitrogens with one attached hydrogen (secondary N) is 1. The molecule has 0 aliphatic carbocycles. The number of alkyl halides is 3. The lowest BCUT2D eigenvalue weighted by molar-refractivity contribution is -0.139. The summed E-state index contributed by atoms with van der Waals surface area (Å²) in [6.45, 7) is 1.76. The molecule has 2 aromatic carbocycles. The Bertz CT molecular complexity index is 1520. The summed E-state index contributed by atoms with van der Waals surface area (Å²) in [6.07, 6.45) is -4.07. The molecule has 0 bridgehead atoms. The number of aromatic nitrogens is 2. The van der Waals surface area contributed by atoms with Crippen molar-refractivity contribution in [2.24, 2.45) is 0 Å². The molecule has 0 fully saturated rings.